The molecule has 6 heteroatoms. The maximum atomic E-state index is 12.8. The van der Waals surface area contributed by atoms with Gasteiger partial charge < -0.3 is 9.84 Å². The van der Waals surface area contributed by atoms with Gasteiger partial charge in [-0.05, 0) is 24.3 Å². The largest absolute Gasteiger partial charge is 0.481 e. The summed E-state index contributed by atoms with van der Waals surface area (Å²) in [7, 11) is 0. The van der Waals surface area contributed by atoms with Crippen molar-refractivity contribution in [2.75, 3.05) is 6.54 Å². The number of benzene rings is 1. The van der Waals surface area contributed by atoms with Gasteiger partial charge in [-0.25, -0.2) is 9.69 Å². The van der Waals surface area contributed by atoms with Crippen LogP contribution in [0.15, 0.2) is 30.3 Å². The summed E-state index contributed by atoms with van der Waals surface area (Å²) in [4.78, 5) is 37.5. The van der Waals surface area contributed by atoms with Gasteiger partial charge in [0.05, 0.1) is 11.8 Å². The van der Waals surface area contributed by atoms with Crippen molar-refractivity contribution in [3.8, 4) is 0 Å². The maximum Gasteiger partial charge on any atom is 0.416 e. The van der Waals surface area contributed by atoms with E-state index in [-0.39, 0.29) is 31.4 Å². The molecule has 1 aliphatic carbocycles. The fourth-order valence-electron chi connectivity index (χ4n) is 3.96. The predicted octanol–water partition coefficient (Wildman–Crippen LogP) is 2.82. The van der Waals surface area contributed by atoms with Crippen LogP contribution in [0.1, 0.15) is 37.7 Å². The number of aliphatic carboxylic acids is 1. The Morgan fingerprint density at radius 1 is 1.25 bits per heavy atom. The van der Waals surface area contributed by atoms with Crippen molar-refractivity contribution in [3.63, 3.8) is 0 Å². The smallest absolute Gasteiger partial charge is 0.416 e. The van der Waals surface area contributed by atoms with Crippen LogP contribution in [0.2, 0.25) is 0 Å². The van der Waals surface area contributed by atoms with E-state index in [1.807, 2.05) is 30.3 Å². The zero-order chi connectivity index (χ0) is 17.2. The van der Waals surface area contributed by atoms with Crippen LogP contribution in [0.5, 0.6) is 0 Å². The number of amides is 2. The molecule has 2 fully saturated rings. The van der Waals surface area contributed by atoms with Gasteiger partial charge in [0.1, 0.15) is 6.61 Å². The minimum atomic E-state index is -0.991. The number of carboxylic acid groups (broad SMARTS) is 1. The van der Waals surface area contributed by atoms with Crippen molar-refractivity contribution in [2.45, 2.75) is 38.7 Å². The summed E-state index contributed by atoms with van der Waals surface area (Å²) in [6.45, 7) is 0.361. The molecular formula is C18H21NO5. The number of carbonyl (C=O) groups is 3. The van der Waals surface area contributed by atoms with Gasteiger partial charge in [-0.1, -0.05) is 43.2 Å². The average molecular weight is 331 g/mol. The molecule has 2 atom stereocenters. The molecule has 0 aromatic heterocycles. The van der Waals surface area contributed by atoms with Gasteiger partial charge in [-0.15, -0.1) is 0 Å². The number of imide groups is 1. The maximum absolute atomic E-state index is 12.8. The summed E-state index contributed by atoms with van der Waals surface area (Å²) in [5.41, 5.74) is -0.0919. The highest BCUT2D eigenvalue weighted by Crippen LogP contribution is 2.50. The molecule has 1 heterocycles. The van der Waals surface area contributed by atoms with E-state index in [9.17, 15) is 19.5 Å². The van der Waals surface area contributed by atoms with Gasteiger partial charge in [0.2, 0.25) is 5.91 Å². The van der Waals surface area contributed by atoms with Crippen molar-refractivity contribution < 1.29 is 24.2 Å². The predicted molar refractivity (Wildman–Crippen MR) is 85.0 cm³/mol. The molecule has 3 rings (SSSR count). The quantitative estimate of drug-likeness (QED) is 0.917. The van der Waals surface area contributed by atoms with Gasteiger partial charge in [0.25, 0.3) is 0 Å². The summed E-state index contributed by atoms with van der Waals surface area (Å²) in [6.07, 6.45) is 2.21. The Hall–Kier alpha value is -2.37. The van der Waals surface area contributed by atoms with E-state index in [0.29, 0.717) is 6.42 Å². The number of ether oxygens (including phenoxy) is 1. The molecule has 2 aliphatic rings. The van der Waals surface area contributed by atoms with E-state index < -0.39 is 17.5 Å². The van der Waals surface area contributed by atoms with Gasteiger partial charge in [0.15, 0.2) is 0 Å². The standard InChI is InChI=1S/C18H21NO5/c20-15(21)10-18-9-5-4-8-14(18)11-19(16(18)22)17(23)24-12-13-6-2-1-3-7-13/h1-3,6-7,14H,4-5,8-12H2,(H,20,21)/t14-,18-/m0/s1. The van der Waals surface area contributed by atoms with Crippen molar-refractivity contribution in [1.82, 2.24) is 4.90 Å². The fourth-order valence-corrected chi connectivity index (χ4v) is 3.96. The summed E-state index contributed by atoms with van der Waals surface area (Å²) < 4.78 is 5.26. The van der Waals surface area contributed by atoms with Crippen LogP contribution in [0, 0.1) is 11.3 Å². The SMILES string of the molecule is O=C(O)C[C@@]12CCCC[C@H]1CN(C(=O)OCc1ccccc1)C2=O. The van der Waals surface area contributed by atoms with E-state index in [0.717, 1.165) is 29.7 Å². The molecule has 1 aromatic carbocycles. The number of fused-ring (bicyclic) bond motifs is 1. The van der Waals surface area contributed by atoms with Crippen molar-refractivity contribution in [1.29, 1.82) is 0 Å². The molecule has 0 radical (unpaired) electrons. The third-order valence-corrected chi connectivity index (χ3v) is 5.17. The molecule has 0 unspecified atom stereocenters. The van der Waals surface area contributed by atoms with Crippen LogP contribution in [0.4, 0.5) is 4.79 Å². The Kier molecular flexibility index (Phi) is 4.55. The Bertz CT molecular complexity index is 644. The second-order valence-electron chi connectivity index (χ2n) is 6.63. The lowest BCUT2D eigenvalue weighted by molar-refractivity contribution is -0.148. The lowest BCUT2D eigenvalue weighted by atomic mass is 9.66. The molecule has 24 heavy (non-hydrogen) atoms. The van der Waals surface area contributed by atoms with E-state index in [2.05, 4.69) is 0 Å². The molecule has 128 valence electrons. The zero-order valence-corrected chi connectivity index (χ0v) is 13.4. The first kappa shape index (κ1) is 16.5. The minimum Gasteiger partial charge on any atom is -0.481 e. The number of nitrogens with zero attached hydrogens (tertiary/aromatic N) is 1. The van der Waals surface area contributed by atoms with Crippen molar-refractivity contribution in [2.24, 2.45) is 11.3 Å². The molecular weight excluding hydrogens is 310 g/mol. The summed E-state index contributed by atoms with van der Waals surface area (Å²) in [5.74, 6) is -1.46. The Morgan fingerprint density at radius 2 is 2.00 bits per heavy atom. The lowest BCUT2D eigenvalue weighted by Gasteiger charge is -2.35. The number of likely N-dealkylation sites (tertiary alicyclic amines) is 1. The summed E-state index contributed by atoms with van der Waals surface area (Å²) in [5, 5.41) is 9.22. The highest BCUT2D eigenvalue weighted by atomic mass is 16.6. The van der Waals surface area contributed by atoms with E-state index in [1.165, 1.54) is 0 Å². The van der Waals surface area contributed by atoms with Gasteiger partial charge in [-0.2, -0.15) is 0 Å². The Labute approximate surface area is 140 Å². The molecule has 1 aliphatic heterocycles. The summed E-state index contributed by atoms with van der Waals surface area (Å²) >= 11 is 0. The zero-order valence-electron chi connectivity index (χ0n) is 13.4. The second kappa shape index (κ2) is 6.63. The van der Waals surface area contributed by atoms with Crippen LogP contribution >= 0.6 is 0 Å². The van der Waals surface area contributed by atoms with Gasteiger partial charge in [0, 0.05) is 6.54 Å². The normalized spacial score (nSPS) is 26.1. The van der Waals surface area contributed by atoms with Gasteiger partial charge >= 0.3 is 12.1 Å². The molecule has 1 saturated heterocycles. The van der Waals surface area contributed by atoms with Gasteiger partial charge in [-0.3, -0.25) is 9.59 Å². The van der Waals surface area contributed by atoms with Crippen molar-refractivity contribution in [3.05, 3.63) is 35.9 Å². The lowest BCUT2D eigenvalue weighted by Crippen LogP contribution is -2.42. The number of carboxylic acids is 1. The fraction of sp³-hybridized carbons (Fsp3) is 0.500. The highest BCUT2D eigenvalue weighted by molar-refractivity contribution is 5.99. The molecule has 0 bridgehead atoms. The molecule has 6 nitrogen and oxygen atoms in total. The topological polar surface area (TPSA) is 83.9 Å². The first-order chi connectivity index (χ1) is 11.5. The molecule has 1 aromatic rings. The number of rotatable bonds is 4. The molecule has 0 spiro atoms. The second-order valence-corrected chi connectivity index (χ2v) is 6.63. The minimum absolute atomic E-state index is 0.0841. The number of hydrogen-bond acceptors (Lipinski definition) is 4. The number of carbonyl (C=O) groups excluding carboxylic acids is 2. The van der Waals surface area contributed by atoms with Crippen molar-refractivity contribution >= 4 is 18.0 Å². The van der Waals surface area contributed by atoms with Crippen LogP contribution < -0.4 is 0 Å². The first-order valence-corrected chi connectivity index (χ1v) is 8.27. The Balaban J connectivity index is 1.71. The van der Waals surface area contributed by atoms with Crippen LogP contribution in [-0.2, 0) is 20.9 Å². The highest BCUT2D eigenvalue weighted by Gasteiger charge is 2.57. The first-order valence-electron chi connectivity index (χ1n) is 8.27. The summed E-state index contributed by atoms with van der Waals surface area (Å²) in [6, 6.07) is 9.24. The number of hydrogen-bond donors (Lipinski definition) is 1. The average Bonchev–Trinajstić information content (AvgIpc) is 2.86. The monoisotopic (exact) mass is 331 g/mol. The van der Waals surface area contributed by atoms with Crippen LogP contribution in [-0.4, -0.2) is 34.5 Å². The molecule has 1 N–H and O–H groups in total. The van der Waals surface area contributed by atoms with E-state index in [4.69, 9.17) is 4.74 Å². The van der Waals surface area contributed by atoms with Crippen LogP contribution in [0.3, 0.4) is 0 Å². The van der Waals surface area contributed by atoms with E-state index in [1.54, 1.807) is 0 Å². The Morgan fingerprint density at radius 3 is 2.71 bits per heavy atom. The van der Waals surface area contributed by atoms with Crippen LogP contribution in [0.25, 0.3) is 0 Å². The third kappa shape index (κ3) is 3.00. The van der Waals surface area contributed by atoms with E-state index >= 15 is 0 Å². The molecule has 1 saturated carbocycles. The third-order valence-electron chi connectivity index (χ3n) is 5.17. The molecule has 2 amide bonds.